The highest BCUT2D eigenvalue weighted by Crippen LogP contribution is 2.20. The Morgan fingerprint density at radius 1 is 1.38 bits per heavy atom. The molecule has 0 spiro atoms. The highest BCUT2D eigenvalue weighted by molar-refractivity contribution is 5.94. The summed E-state index contributed by atoms with van der Waals surface area (Å²) >= 11 is 0. The minimum Gasteiger partial charge on any atom is -0.351 e. The number of nitrogens with zero attached hydrogens (tertiary/aromatic N) is 1. The van der Waals surface area contributed by atoms with Crippen molar-refractivity contribution in [3.63, 3.8) is 0 Å². The van der Waals surface area contributed by atoms with Gasteiger partial charge in [-0.25, -0.2) is 4.79 Å². The van der Waals surface area contributed by atoms with E-state index in [1.807, 2.05) is 17.3 Å². The lowest BCUT2D eigenvalue weighted by Gasteiger charge is -2.35. The number of nitrogens with two attached hydrogens (primary N) is 2. The van der Waals surface area contributed by atoms with Crippen molar-refractivity contribution in [3.8, 4) is 0 Å². The number of likely N-dealkylation sites (N-methyl/N-ethyl adjacent to an activating group) is 1. The van der Waals surface area contributed by atoms with Crippen molar-refractivity contribution in [1.29, 1.82) is 0 Å². The highest BCUT2D eigenvalue weighted by atomic mass is 16.2. The Kier molecular flexibility index (Phi) is 4.70. The number of carbonyl (C=O) groups is 2. The van der Waals surface area contributed by atoms with Crippen LogP contribution in [0.15, 0.2) is 0 Å². The summed E-state index contributed by atoms with van der Waals surface area (Å²) in [5, 5.41) is 2.05. The van der Waals surface area contributed by atoms with E-state index in [0.29, 0.717) is 0 Å². The first-order chi connectivity index (χ1) is 7.50. The third-order valence-corrected chi connectivity index (χ3v) is 3.00. The molecule has 5 N–H and O–H groups in total. The van der Waals surface area contributed by atoms with E-state index in [-0.39, 0.29) is 24.5 Å². The van der Waals surface area contributed by atoms with Crippen LogP contribution in [0.25, 0.3) is 0 Å². The molecule has 1 aliphatic carbocycles. The molecule has 0 aromatic rings. The second-order valence-electron chi connectivity index (χ2n) is 4.34. The second-order valence-corrected chi connectivity index (χ2v) is 4.34. The molecule has 2 atom stereocenters. The predicted octanol–water partition coefficient (Wildman–Crippen LogP) is -0.617. The lowest BCUT2D eigenvalue weighted by molar-refractivity contribution is -0.121. The maximum absolute atomic E-state index is 11.3. The van der Waals surface area contributed by atoms with Gasteiger partial charge < -0.3 is 11.5 Å². The van der Waals surface area contributed by atoms with Crippen LogP contribution in [0.4, 0.5) is 4.79 Å². The molecule has 0 heterocycles. The normalized spacial score (nSPS) is 25.4. The molecule has 1 fully saturated rings. The van der Waals surface area contributed by atoms with Gasteiger partial charge >= 0.3 is 6.03 Å². The molecule has 0 saturated heterocycles. The molecule has 0 bridgehead atoms. The fraction of sp³-hybridized carbons (Fsp3) is 0.800. The van der Waals surface area contributed by atoms with Gasteiger partial charge in [0.25, 0.3) is 0 Å². The number of imide groups is 1. The Morgan fingerprint density at radius 3 is 2.56 bits per heavy atom. The third-order valence-electron chi connectivity index (χ3n) is 3.00. The molecule has 0 aromatic carbocycles. The fourth-order valence-electron chi connectivity index (χ4n) is 2.21. The number of primary amides is 1. The zero-order chi connectivity index (χ0) is 12.1. The van der Waals surface area contributed by atoms with Gasteiger partial charge in [-0.2, -0.15) is 0 Å². The quantitative estimate of drug-likeness (QED) is 0.599. The Labute approximate surface area is 95.3 Å². The first-order valence-electron chi connectivity index (χ1n) is 5.56. The highest BCUT2D eigenvalue weighted by Gasteiger charge is 2.26. The standard InChI is InChI=1S/C10H20N4O2/c1-14(6-9(15)13-10(12)16)8-5-3-2-4-7(8)11/h7-8H,2-6,11H2,1H3,(H3,12,13,15,16). The lowest BCUT2D eigenvalue weighted by atomic mass is 9.90. The van der Waals surface area contributed by atoms with Crippen molar-refractivity contribution in [3.05, 3.63) is 0 Å². The molecule has 1 saturated carbocycles. The summed E-state index contributed by atoms with van der Waals surface area (Å²) in [6.07, 6.45) is 4.28. The minimum absolute atomic E-state index is 0.111. The van der Waals surface area contributed by atoms with E-state index >= 15 is 0 Å². The Hall–Kier alpha value is -1.14. The van der Waals surface area contributed by atoms with E-state index in [1.54, 1.807) is 0 Å². The minimum atomic E-state index is -0.814. The van der Waals surface area contributed by atoms with Crippen molar-refractivity contribution in [1.82, 2.24) is 10.2 Å². The number of rotatable bonds is 3. The van der Waals surface area contributed by atoms with Gasteiger partial charge in [-0.15, -0.1) is 0 Å². The molecular weight excluding hydrogens is 208 g/mol. The monoisotopic (exact) mass is 228 g/mol. The number of hydrogen-bond donors (Lipinski definition) is 3. The van der Waals surface area contributed by atoms with Crippen LogP contribution >= 0.6 is 0 Å². The smallest absolute Gasteiger partial charge is 0.318 e. The summed E-state index contributed by atoms with van der Waals surface area (Å²) in [5.74, 6) is -0.382. The maximum atomic E-state index is 11.3. The average molecular weight is 228 g/mol. The zero-order valence-corrected chi connectivity index (χ0v) is 9.61. The number of urea groups is 1. The zero-order valence-electron chi connectivity index (χ0n) is 9.61. The van der Waals surface area contributed by atoms with Gasteiger partial charge in [0, 0.05) is 12.1 Å². The average Bonchev–Trinajstić information content (AvgIpc) is 2.16. The molecule has 0 aromatic heterocycles. The summed E-state index contributed by atoms with van der Waals surface area (Å²) in [6.45, 7) is 0.154. The van der Waals surface area contributed by atoms with Crippen LogP contribution < -0.4 is 16.8 Å². The van der Waals surface area contributed by atoms with Crippen LogP contribution in [0.5, 0.6) is 0 Å². The second kappa shape index (κ2) is 5.81. The molecule has 0 aliphatic heterocycles. The van der Waals surface area contributed by atoms with Gasteiger partial charge in [0.1, 0.15) is 0 Å². The number of carbonyl (C=O) groups excluding carboxylic acids is 2. The van der Waals surface area contributed by atoms with Crippen LogP contribution in [-0.4, -0.2) is 42.5 Å². The van der Waals surface area contributed by atoms with Crippen LogP contribution in [0.3, 0.4) is 0 Å². The molecule has 6 nitrogen and oxygen atoms in total. The number of amides is 3. The topological polar surface area (TPSA) is 101 Å². The van der Waals surface area contributed by atoms with Crippen LogP contribution in [0, 0.1) is 0 Å². The van der Waals surface area contributed by atoms with E-state index < -0.39 is 6.03 Å². The van der Waals surface area contributed by atoms with Crippen LogP contribution in [-0.2, 0) is 4.79 Å². The van der Waals surface area contributed by atoms with E-state index in [0.717, 1.165) is 25.7 Å². The molecule has 1 aliphatic rings. The van der Waals surface area contributed by atoms with Crippen molar-refractivity contribution in [2.45, 2.75) is 37.8 Å². The van der Waals surface area contributed by atoms with Gasteiger partial charge in [0.05, 0.1) is 6.54 Å². The van der Waals surface area contributed by atoms with Gasteiger partial charge in [0.15, 0.2) is 0 Å². The van der Waals surface area contributed by atoms with Crippen molar-refractivity contribution < 1.29 is 9.59 Å². The largest absolute Gasteiger partial charge is 0.351 e. The van der Waals surface area contributed by atoms with Gasteiger partial charge in [-0.3, -0.25) is 15.0 Å². The molecular formula is C10H20N4O2. The Balaban J connectivity index is 2.41. The van der Waals surface area contributed by atoms with E-state index in [2.05, 4.69) is 0 Å². The lowest BCUT2D eigenvalue weighted by Crippen LogP contribution is -2.51. The van der Waals surface area contributed by atoms with Crippen molar-refractivity contribution in [2.24, 2.45) is 11.5 Å². The van der Waals surface area contributed by atoms with Gasteiger partial charge in [-0.05, 0) is 19.9 Å². The fourth-order valence-corrected chi connectivity index (χ4v) is 2.21. The summed E-state index contributed by atoms with van der Waals surface area (Å²) < 4.78 is 0. The van der Waals surface area contributed by atoms with Crippen molar-refractivity contribution >= 4 is 11.9 Å². The third kappa shape index (κ3) is 3.79. The molecule has 1 rings (SSSR count). The molecule has 2 unspecified atom stereocenters. The van der Waals surface area contributed by atoms with E-state index in [1.165, 1.54) is 0 Å². The van der Waals surface area contributed by atoms with Crippen molar-refractivity contribution in [2.75, 3.05) is 13.6 Å². The van der Waals surface area contributed by atoms with E-state index in [9.17, 15) is 9.59 Å². The molecule has 16 heavy (non-hydrogen) atoms. The molecule has 92 valence electrons. The predicted molar refractivity (Wildman–Crippen MR) is 60.6 cm³/mol. The van der Waals surface area contributed by atoms with Crippen LogP contribution in [0.1, 0.15) is 25.7 Å². The Morgan fingerprint density at radius 2 is 2.00 bits per heavy atom. The van der Waals surface area contributed by atoms with Gasteiger partial charge in [-0.1, -0.05) is 12.8 Å². The first-order valence-corrected chi connectivity index (χ1v) is 5.56. The summed E-state index contributed by atoms with van der Waals surface area (Å²) in [4.78, 5) is 23.7. The summed E-state index contributed by atoms with van der Waals surface area (Å²) in [6, 6.07) is -0.487. The SMILES string of the molecule is CN(CC(=O)NC(N)=O)C1CCCCC1N. The maximum Gasteiger partial charge on any atom is 0.318 e. The summed E-state index contributed by atoms with van der Waals surface area (Å²) in [5.41, 5.74) is 10.9. The molecule has 0 radical (unpaired) electrons. The molecule has 3 amide bonds. The van der Waals surface area contributed by atoms with Gasteiger partial charge in [0.2, 0.25) is 5.91 Å². The van der Waals surface area contributed by atoms with Crippen LogP contribution in [0.2, 0.25) is 0 Å². The summed E-state index contributed by atoms with van der Waals surface area (Å²) in [7, 11) is 1.84. The molecule has 6 heteroatoms. The Bertz CT molecular complexity index is 270. The van der Waals surface area contributed by atoms with E-state index in [4.69, 9.17) is 11.5 Å². The number of nitrogens with one attached hydrogen (secondary N) is 1. The first kappa shape index (κ1) is 12.9. The number of hydrogen-bond acceptors (Lipinski definition) is 4.